The summed E-state index contributed by atoms with van der Waals surface area (Å²) in [5, 5.41) is 11.4. The fourth-order valence-corrected chi connectivity index (χ4v) is 2.65. The van der Waals surface area contributed by atoms with Crippen LogP contribution in [0.25, 0.3) is 0 Å². The summed E-state index contributed by atoms with van der Waals surface area (Å²) in [4.78, 5) is 12.3. The van der Waals surface area contributed by atoms with Crippen LogP contribution in [0, 0.1) is 11.3 Å². The average molecular weight is 340 g/mol. The Hall–Kier alpha value is -2.45. The third-order valence-corrected chi connectivity index (χ3v) is 3.94. The van der Waals surface area contributed by atoms with Crippen LogP contribution in [0.1, 0.15) is 28.8 Å². The van der Waals surface area contributed by atoms with E-state index < -0.39 is 0 Å². The lowest BCUT2D eigenvalue weighted by Gasteiger charge is -2.09. The van der Waals surface area contributed by atoms with Crippen LogP contribution in [-0.4, -0.2) is 18.8 Å². The second-order valence-corrected chi connectivity index (χ2v) is 6.09. The molecule has 0 aliphatic heterocycles. The SMILES string of the molecule is CSCc1ccc(C(=O)Nc2cccc(OCCCC#N)c2)cc1. The first-order valence-corrected chi connectivity index (χ1v) is 9.11. The molecule has 0 saturated carbocycles. The maximum Gasteiger partial charge on any atom is 0.255 e. The number of benzene rings is 2. The van der Waals surface area contributed by atoms with E-state index in [0.29, 0.717) is 36.4 Å². The molecule has 0 aliphatic carbocycles. The Morgan fingerprint density at radius 2 is 2.04 bits per heavy atom. The molecule has 24 heavy (non-hydrogen) atoms. The van der Waals surface area contributed by atoms with Gasteiger partial charge in [-0.2, -0.15) is 17.0 Å². The number of carbonyl (C=O) groups excluding carboxylic acids is 1. The summed E-state index contributed by atoms with van der Waals surface area (Å²) in [6, 6.07) is 17.0. The van der Waals surface area contributed by atoms with Crippen LogP contribution < -0.4 is 10.1 Å². The monoisotopic (exact) mass is 340 g/mol. The van der Waals surface area contributed by atoms with Crippen molar-refractivity contribution in [2.24, 2.45) is 0 Å². The molecule has 0 aromatic heterocycles. The second kappa shape index (κ2) is 9.64. The third-order valence-electron chi connectivity index (χ3n) is 3.32. The van der Waals surface area contributed by atoms with E-state index in [4.69, 9.17) is 10.00 Å². The molecule has 0 atom stereocenters. The van der Waals surface area contributed by atoms with Crippen LogP contribution in [0.3, 0.4) is 0 Å². The first-order valence-electron chi connectivity index (χ1n) is 7.72. The summed E-state index contributed by atoms with van der Waals surface area (Å²) >= 11 is 1.75. The molecule has 0 fully saturated rings. The zero-order valence-corrected chi connectivity index (χ0v) is 14.4. The lowest BCUT2D eigenvalue weighted by Crippen LogP contribution is -2.11. The number of anilines is 1. The summed E-state index contributed by atoms with van der Waals surface area (Å²) in [5.41, 5.74) is 2.51. The van der Waals surface area contributed by atoms with E-state index in [1.165, 1.54) is 5.56 Å². The van der Waals surface area contributed by atoms with Gasteiger partial charge in [-0.05, 0) is 42.5 Å². The maximum absolute atomic E-state index is 12.3. The number of nitriles is 1. The van der Waals surface area contributed by atoms with Crippen LogP contribution in [-0.2, 0) is 5.75 Å². The number of nitrogens with one attached hydrogen (secondary N) is 1. The molecule has 1 amide bonds. The van der Waals surface area contributed by atoms with Crippen molar-refractivity contribution in [1.82, 2.24) is 0 Å². The van der Waals surface area contributed by atoms with Gasteiger partial charge in [0.2, 0.25) is 0 Å². The van der Waals surface area contributed by atoms with E-state index in [2.05, 4.69) is 17.6 Å². The molecule has 0 saturated heterocycles. The zero-order chi connectivity index (χ0) is 17.2. The van der Waals surface area contributed by atoms with Gasteiger partial charge in [0, 0.05) is 29.5 Å². The molecule has 5 heteroatoms. The van der Waals surface area contributed by atoms with E-state index in [0.717, 1.165) is 5.75 Å². The second-order valence-electron chi connectivity index (χ2n) is 5.22. The molecule has 4 nitrogen and oxygen atoms in total. The molecule has 1 N–H and O–H groups in total. The van der Waals surface area contributed by atoms with Crippen molar-refractivity contribution in [1.29, 1.82) is 5.26 Å². The molecular formula is C19H20N2O2S. The largest absolute Gasteiger partial charge is 0.493 e. The highest BCUT2D eigenvalue weighted by molar-refractivity contribution is 7.97. The number of hydrogen-bond acceptors (Lipinski definition) is 4. The van der Waals surface area contributed by atoms with E-state index in [1.807, 2.05) is 42.5 Å². The molecular weight excluding hydrogens is 320 g/mol. The number of ether oxygens (including phenoxy) is 1. The van der Waals surface area contributed by atoms with Gasteiger partial charge in [-0.25, -0.2) is 0 Å². The van der Waals surface area contributed by atoms with E-state index >= 15 is 0 Å². The Morgan fingerprint density at radius 3 is 2.75 bits per heavy atom. The minimum absolute atomic E-state index is 0.146. The number of amides is 1. The summed E-state index contributed by atoms with van der Waals surface area (Å²) in [7, 11) is 0. The van der Waals surface area contributed by atoms with Gasteiger partial charge < -0.3 is 10.1 Å². The summed E-state index contributed by atoms with van der Waals surface area (Å²) < 4.78 is 5.57. The van der Waals surface area contributed by atoms with Crippen molar-refractivity contribution in [3.8, 4) is 11.8 Å². The van der Waals surface area contributed by atoms with Gasteiger partial charge in [-0.1, -0.05) is 18.2 Å². The smallest absolute Gasteiger partial charge is 0.255 e. The van der Waals surface area contributed by atoms with Gasteiger partial charge in [0.1, 0.15) is 5.75 Å². The Morgan fingerprint density at radius 1 is 1.25 bits per heavy atom. The van der Waals surface area contributed by atoms with Crippen LogP contribution >= 0.6 is 11.8 Å². The third kappa shape index (κ3) is 5.64. The average Bonchev–Trinajstić information content (AvgIpc) is 2.60. The number of rotatable bonds is 8. The number of thioether (sulfide) groups is 1. The predicted octanol–water partition coefficient (Wildman–Crippen LogP) is 4.48. The Balaban J connectivity index is 1.94. The van der Waals surface area contributed by atoms with Crippen LogP contribution in [0.5, 0.6) is 5.75 Å². The minimum Gasteiger partial charge on any atom is -0.493 e. The van der Waals surface area contributed by atoms with Crippen molar-refractivity contribution in [3.63, 3.8) is 0 Å². The molecule has 2 aromatic rings. The lowest BCUT2D eigenvalue weighted by atomic mass is 10.1. The summed E-state index contributed by atoms with van der Waals surface area (Å²) in [5.74, 6) is 1.47. The Kier molecular flexibility index (Phi) is 7.19. The fourth-order valence-electron chi connectivity index (χ4n) is 2.13. The summed E-state index contributed by atoms with van der Waals surface area (Å²) in [6.07, 6.45) is 3.22. The molecule has 2 rings (SSSR count). The van der Waals surface area contributed by atoms with Gasteiger partial charge >= 0.3 is 0 Å². The number of unbranched alkanes of at least 4 members (excludes halogenated alkanes) is 1. The van der Waals surface area contributed by atoms with Gasteiger partial charge in [0.25, 0.3) is 5.91 Å². The number of nitrogens with zero attached hydrogens (tertiary/aromatic N) is 1. The van der Waals surface area contributed by atoms with Gasteiger partial charge in [-0.3, -0.25) is 4.79 Å². The van der Waals surface area contributed by atoms with Crippen LogP contribution in [0.2, 0.25) is 0 Å². The van der Waals surface area contributed by atoms with Crippen molar-refractivity contribution < 1.29 is 9.53 Å². The molecule has 0 unspecified atom stereocenters. The van der Waals surface area contributed by atoms with E-state index in [-0.39, 0.29) is 5.91 Å². The van der Waals surface area contributed by atoms with E-state index in [9.17, 15) is 4.79 Å². The topological polar surface area (TPSA) is 62.1 Å². The minimum atomic E-state index is -0.146. The van der Waals surface area contributed by atoms with Crippen LogP contribution in [0.4, 0.5) is 5.69 Å². The highest BCUT2D eigenvalue weighted by Crippen LogP contribution is 2.19. The predicted molar refractivity (Wildman–Crippen MR) is 98.4 cm³/mol. The van der Waals surface area contributed by atoms with Gasteiger partial charge in [0.05, 0.1) is 12.7 Å². The zero-order valence-electron chi connectivity index (χ0n) is 13.6. The fraction of sp³-hybridized carbons (Fsp3) is 0.263. The van der Waals surface area contributed by atoms with Crippen molar-refractivity contribution in [3.05, 3.63) is 59.7 Å². The Labute approximate surface area is 146 Å². The standard InChI is InChI=1S/C19H20N2O2S/c1-24-14-15-7-9-16(10-8-15)19(22)21-17-5-4-6-18(13-17)23-12-3-2-11-20/h4-10,13H,2-3,12,14H2,1H3,(H,21,22). The van der Waals surface area contributed by atoms with Crippen molar-refractivity contribution in [2.45, 2.75) is 18.6 Å². The molecule has 0 spiro atoms. The van der Waals surface area contributed by atoms with Crippen molar-refractivity contribution >= 4 is 23.4 Å². The Bertz CT molecular complexity index is 708. The lowest BCUT2D eigenvalue weighted by molar-refractivity contribution is 0.102. The molecule has 0 radical (unpaired) electrons. The van der Waals surface area contributed by atoms with E-state index in [1.54, 1.807) is 17.8 Å². The highest BCUT2D eigenvalue weighted by atomic mass is 32.2. The number of carbonyl (C=O) groups is 1. The van der Waals surface area contributed by atoms with Gasteiger partial charge in [0.15, 0.2) is 0 Å². The van der Waals surface area contributed by atoms with Gasteiger partial charge in [-0.15, -0.1) is 0 Å². The molecule has 0 bridgehead atoms. The highest BCUT2D eigenvalue weighted by Gasteiger charge is 2.07. The first kappa shape index (κ1) is 17.9. The van der Waals surface area contributed by atoms with Crippen LogP contribution in [0.15, 0.2) is 48.5 Å². The number of hydrogen-bond donors (Lipinski definition) is 1. The normalized spacial score (nSPS) is 10.0. The summed E-state index contributed by atoms with van der Waals surface area (Å²) in [6.45, 7) is 0.488. The maximum atomic E-state index is 12.3. The molecule has 0 heterocycles. The molecule has 2 aromatic carbocycles. The molecule has 124 valence electrons. The molecule has 0 aliphatic rings. The first-order chi connectivity index (χ1) is 11.7. The van der Waals surface area contributed by atoms with Crippen molar-refractivity contribution in [2.75, 3.05) is 18.2 Å². The quantitative estimate of drug-likeness (QED) is 0.720.